The van der Waals surface area contributed by atoms with E-state index in [0.717, 1.165) is 5.92 Å². The Morgan fingerprint density at radius 3 is 1.33 bits per heavy atom. The van der Waals surface area contributed by atoms with Gasteiger partial charge >= 0.3 is 0 Å². The summed E-state index contributed by atoms with van der Waals surface area (Å²) in [6.45, 7) is 10.9. The molecule has 0 saturated heterocycles. The molecule has 0 aliphatic rings. The van der Waals surface area contributed by atoms with Crippen molar-refractivity contribution in [1.82, 2.24) is 0 Å². The quantitative estimate of drug-likeness (QED) is 0.532. The van der Waals surface area contributed by atoms with E-state index in [1.807, 2.05) is 13.8 Å². The molecule has 12 heavy (non-hydrogen) atoms. The van der Waals surface area contributed by atoms with Crippen molar-refractivity contribution in [2.45, 2.75) is 74.1 Å². The first-order chi connectivity index (χ1) is 5.35. The average molecular weight is 174 g/mol. The summed E-state index contributed by atoms with van der Waals surface area (Å²) in [5.41, 5.74) is 0. The molecule has 0 rings (SSSR count). The summed E-state index contributed by atoms with van der Waals surface area (Å²) in [6, 6.07) is 0. The minimum atomic E-state index is 0. The zero-order chi connectivity index (χ0) is 9.11. The highest BCUT2D eigenvalue weighted by Crippen LogP contribution is 2.16. The average Bonchev–Trinajstić information content (AvgIpc) is 2.08. The van der Waals surface area contributed by atoms with Gasteiger partial charge < -0.3 is 0 Å². The predicted octanol–water partition coefficient (Wildman–Crippen LogP) is 5.28. The molecular formula is C12H30. The van der Waals surface area contributed by atoms with Crippen LogP contribution in [-0.2, 0) is 0 Å². The van der Waals surface area contributed by atoms with Gasteiger partial charge in [0.2, 0.25) is 0 Å². The SMILES string of the molecule is C.CC.CCCC(CC)CCC. The maximum atomic E-state index is 2.30. The monoisotopic (exact) mass is 174 g/mol. The third-order valence-corrected chi connectivity index (χ3v) is 1.97. The molecule has 0 aliphatic carbocycles. The molecule has 78 valence electrons. The lowest BCUT2D eigenvalue weighted by molar-refractivity contribution is 0.427. The normalized spacial score (nSPS) is 8.50. The molecule has 0 amide bonds. The Balaban J connectivity index is -0.000000249. The third-order valence-electron chi connectivity index (χ3n) is 1.97. The predicted molar refractivity (Wildman–Crippen MR) is 61.7 cm³/mol. The molecule has 0 atom stereocenters. The van der Waals surface area contributed by atoms with Gasteiger partial charge in [-0.15, -0.1) is 0 Å². The van der Waals surface area contributed by atoms with Crippen molar-refractivity contribution in [2.75, 3.05) is 0 Å². The topological polar surface area (TPSA) is 0 Å². The lowest BCUT2D eigenvalue weighted by Crippen LogP contribution is -1.96. The number of hydrogen-bond acceptors (Lipinski definition) is 0. The Morgan fingerprint density at radius 2 is 1.17 bits per heavy atom. The van der Waals surface area contributed by atoms with Gasteiger partial charge in [0.1, 0.15) is 0 Å². The van der Waals surface area contributed by atoms with Crippen LogP contribution >= 0.6 is 0 Å². The van der Waals surface area contributed by atoms with E-state index in [1.165, 1.54) is 32.1 Å². The van der Waals surface area contributed by atoms with Crippen molar-refractivity contribution in [2.24, 2.45) is 5.92 Å². The van der Waals surface area contributed by atoms with Crippen LogP contribution < -0.4 is 0 Å². The first-order valence-corrected chi connectivity index (χ1v) is 5.35. The van der Waals surface area contributed by atoms with Crippen molar-refractivity contribution < 1.29 is 0 Å². The van der Waals surface area contributed by atoms with Crippen molar-refractivity contribution in [3.63, 3.8) is 0 Å². The van der Waals surface area contributed by atoms with Crippen LogP contribution in [0.15, 0.2) is 0 Å². The molecule has 0 fully saturated rings. The van der Waals surface area contributed by atoms with Crippen LogP contribution in [0.2, 0.25) is 0 Å². The number of hydrogen-bond donors (Lipinski definition) is 0. The van der Waals surface area contributed by atoms with Gasteiger partial charge in [0, 0.05) is 0 Å². The van der Waals surface area contributed by atoms with Gasteiger partial charge in [-0.25, -0.2) is 0 Å². The fraction of sp³-hybridized carbons (Fsp3) is 1.00. The third kappa shape index (κ3) is 12.7. The van der Waals surface area contributed by atoms with E-state index in [9.17, 15) is 0 Å². The largest absolute Gasteiger partial charge is 0.0776 e. The maximum absolute atomic E-state index is 2.30. The molecule has 0 aromatic rings. The highest BCUT2D eigenvalue weighted by molar-refractivity contribution is 4.54. The zero-order valence-corrected chi connectivity index (χ0v) is 9.11. The first-order valence-electron chi connectivity index (χ1n) is 5.35. The molecule has 0 N–H and O–H groups in total. The minimum Gasteiger partial charge on any atom is -0.0776 e. The molecule has 0 aromatic carbocycles. The molecule has 0 unspecified atom stereocenters. The second-order valence-electron chi connectivity index (χ2n) is 2.85. The van der Waals surface area contributed by atoms with Gasteiger partial charge in [-0.1, -0.05) is 74.1 Å². The Kier molecular flexibility index (Phi) is 25.7. The van der Waals surface area contributed by atoms with E-state index < -0.39 is 0 Å². The van der Waals surface area contributed by atoms with E-state index in [1.54, 1.807) is 0 Å². The standard InChI is InChI=1S/C9H20.C2H6.CH4/c1-4-7-9(6-3)8-5-2;1-2;/h9H,4-8H2,1-3H3;1-2H3;1H4. The summed E-state index contributed by atoms with van der Waals surface area (Å²) in [7, 11) is 0. The van der Waals surface area contributed by atoms with Crippen LogP contribution in [0.4, 0.5) is 0 Å². The highest BCUT2D eigenvalue weighted by Gasteiger charge is 2.01. The van der Waals surface area contributed by atoms with Crippen LogP contribution in [-0.4, -0.2) is 0 Å². The Morgan fingerprint density at radius 1 is 0.833 bits per heavy atom. The first kappa shape index (κ1) is 17.9. The van der Waals surface area contributed by atoms with Crippen molar-refractivity contribution in [3.05, 3.63) is 0 Å². The Hall–Kier alpha value is 0. The molecular weight excluding hydrogens is 144 g/mol. The van der Waals surface area contributed by atoms with Crippen LogP contribution in [0.25, 0.3) is 0 Å². The summed E-state index contributed by atoms with van der Waals surface area (Å²) in [5.74, 6) is 1.01. The molecule has 0 aromatic heterocycles. The van der Waals surface area contributed by atoms with Gasteiger partial charge in [-0.2, -0.15) is 0 Å². The molecule has 0 radical (unpaired) electrons. The van der Waals surface area contributed by atoms with Crippen LogP contribution in [0.1, 0.15) is 74.1 Å². The second kappa shape index (κ2) is 17.2. The summed E-state index contributed by atoms with van der Waals surface area (Å²) >= 11 is 0. The number of rotatable bonds is 5. The summed E-state index contributed by atoms with van der Waals surface area (Å²) in [5, 5.41) is 0. The maximum Gasteiger partial charge on any atom is -0.0417 e. The van der Waals surface area contributed by atoms with Gasteiger partial charge in [0.05, 0.1) is 0 Å². The van der Waals surface area contributed by atoms with E-state index in [0.29, 0.717) is 0 Å². The Labute approximate surface area is 80.8 Å². The van der Waals surface area contributed by atoms with Crippen LogP contribution in [0.3, 0.4) is 0 Å². The van der Waals surface area contributed by atoms with Gasteiger partial charge in [0.15, 0.2) is 0 Å². The van der Waals surface area contributed by atoms with E-state index >= 15 is 0 Å². The molecule has 0 heteroatoms. The zero-order valence-electron chi connectivity index (χ0n) is 9.11. The van der Waals surface area contributed by atoms with E-state index in [4.69, 9.17) is 0 Å². The molecule has 0 heterocycles. The fourth-order valence-electron chi connectivity index (χ4n) is 1.37. The van der Waals surface area contributed by atoms with Crippen LogP contribution in [0.5, 0.6) is 0 Å². The second-order valence-corrected chi connectivity index (χ2v) is 2.85. The molecule has 0 saturated carbocycles. The lowest BCUT2D eigenvalue weighted by Gasteiger charge is -2.10. The van der Waals surface area contributed by atoms with Crippen molar-refractivity contribution >= 4 is 0 Å². The fourth-order valence-corrected chi connectivity index (χ4v) is 1.37. The molecule has 0 spiro atoms. The van der Waals surface area contributed by atoms with Gasteiger partial charge in [-0.3, -0.25) is 0 Å². The summed E-state index contributed by atoms with van der Waals surface area (Å²) < 4.78 is 0. The minimum absolute atomic E-state index is 0. The van der Waals surface area contributed by atoms with Crippen molar-refractivity contribution in [1.29, 1.82) is 0 Å². The summed E-state index contributed by atoms with van der Waals surface area (Å²) in [4.78, 5) is 0. The highest BCUT2D eigenvalue weighted by atomic mass is 14.1. The van der Waals surface area contributed by atoms with Crippen LogP contribution in [0, 0.1) is 5.92 Å². The Bertz CT molecular complexity index is 42.0. The van der Waals surface area contributed by atoms with E-state index in [-0.39, 0.29) is 7.43 Å². The lowest BCUT2D eigenvalue weighted by atomic mass is 9.96. The molecule has 0 bridgehead atoms. The molecule has 0 nitrogen and oxygen atoms in total. The van der Waals surface area contributed by atoms with Gasteiger partial charge in [0.25, 0.3) is 0 Å². The van der Waals surface area contributed by atoms with Gasteiger partial charge in [-0.05, 0) is 5.92 Å². The van der Waals surface area contributed by atoms with E-state index in [2.05, 4.69) is 20.8 Å². The van der Waals surface area contributed by atoms with Crippen molar-refractivity contribution in [3.8, 4) is 0 Å². The molecule has 0 aliphatic heterocycles. The summed E-state index contributed by atoms with van der Waals surface area (Å²) in [6.07, 6.45) is 6.97. The smallest absolute Gasteiger partial charge is 0.0417 e.